The summed E-state index contributed by atoms with van der Waals surface area (Å²) >= 11 is 0. The Hall–Kier alpha value is -2.82. The second-order valence-electron chi connectivity index (χ2n) is 7.72. The summed E-state index contributed by atoms with van der Waals surface area (Å²) in [7, 11) is 0. The van der Waals surface area contributed by atoms with Gasteiger partial charge in [-0.1, -0.05) is 26.0 Å². The standard InChI is InChI=1S/C22H26N4O/c1-15(2)21(18-4-3-10-23-13-18)25-22(27)26(19-6-7-19)14-16-5-8-20-17(12-16)9-11-24-20/h3-5,8-13,15,19,21,24H,6-7,14H2,1-2H3,(H,25,27). The van der Waals surface area contributed by atoms with E-state index in [1.807, 2.05) is 29.4 Å². The Morgan fingerprint density at radius 2 is 2.15 bits per heavy atom. The second-order valence-corrected chi connectivity index (χ2v) is 7.72. The molecule has 0 radical (unpaired) electrons. The van der Waals surface area contributed by atoms with Gasteiger partial charge >= 0.3 is 6.03 Å². The number of aromatic nitrogens is 2. The zero-order valence-corrected chi connectivity index (χ0v) is 15.9. The molecule has 2 heterocycles. The van der Waals surface area contributed by atoms with Crippen LogP contribution in [0.2, 0.25) is 0 Å². The molecule has 4 rings (SSSR count). The van der Waals surface area contributed by atoms with Crippen LogP contribution in [-0.4, -0.2) is 26.9 Å². The van der Waals surface area contributed by atoms with Crippen molar-refractivity contribution < 1.29 is 4.79 Å². The maximum Gasteiger partial charge on any atom is 0.318 e. The van der Waals surface area contributed by atoms with E-state index in [0.29, 0.717) is 12.6 Å². The summed E-state index contributed by atoms with van der Waals surface area (Å²) in [6.07, 6.45) is 7.71. The Kier molecular flexibility index (Phi) is 4.84. The average molecular weight is 362 g/mol. The van der Waals surface area contributed by atoms with Gasteiger partial charge in [0.25, 0.3) is 0 Å². The highest BCUT2D eigenvalue weighted by Crippen LogP contribution is 2.30. The van der Waals surface area contributed by atoms with Crippen molar-refractivity contribution in [2.24, 2.45) is 5.92 Å². The molecule has 27 heavy (non-hydrogen) atoms. The molecule has 1 aliphatic rings. The van der Waals surface area contributed by atoms with Crippen molar-refractivity contribution in [3.63, 3.8) is 0 Å². The SMILES string of the molecule is CC(C)C(NC(=O)N(Cc1ccc2[nH]ccc2c1)C1CC1)c1cccnc1. The van der Waals surface area contributed by atoms with Crippen LogP contribution in [0.25, 0.3) is 10.9 Å². The zero-order valence-electron chi connectivity index (χ0n) is 15.9. The van der Waals surface area contributed by atoms with Crippen LogP contribution in [0.5, 0.6) is 0 Å². The highest BCUT2D eigenvalue weighted by Gasteiger charge is 2.34. The van der Waals surface area contributed by atoms with Gasteiger partial charge in [0.05, 0.1) is 6.04 Å². The molecule has 1 aromatic carbocycles. The molecule has 1 saturated carbocycles. The average Bonchev–Trinajstić information content (AvgIpc) is 3.41. The number of benzene rings is 1. The fraction of sp³-hybridized carbons (Fsp3) is 0.364. The lowest BCUT2D eigenvalue weighted by atomic mass is 9.97. The van der Waals surface area contributed by atoms with Crippen LogP contribution in [-0.2, 0) is 6.54 Å². The molecule has 2 N–H and O–H groups in total. The van der Waals surface area contributed by atoms with Gasteiger partial charge in [-0.25, -0.2) is 4.79 Å². The summed E-state index contributed by atoms with van der Waals surface area (Å²) < 4.78 is 0. The highest BCUT2D eigenvalue weighted by atomic mass is 16.2. The molecule has 0 aliphatic heterocycles. The van der Waals surface area contributed by atoms with E-state index in [-0.39, 0.29) is 18.0 Å². The first-order valence-electron chi connectivity index (χ1n) is 9.65. The molecule has 140 valence electrons. The highest BCUT2D eigenvalue weighted by molar-refractivity contribution is 5.80. The Bertz CT molecular complexity index is 914. The Balaban J connectivity index is 1.51. The number of rotatable bonds is 6. The first kappa shape index (κ1) is 17.6. The maximum absolute atomic E-state index is 13.1. The smallest absolute Gasteiger partial charge is 0.318 e. The lowest BCUT2D eigenvalue weighted by Gasteiger charge is -2.28. The van der Waals surface area contributed by atoms with Crippen molar-refractivity contribution in [3.05, 3.63) is 66.1 Å². The molecule has 3 aromatic rings. The van der Waals surface area contributed by atoms with Crippen molar-refractivity contribution >= 4 is 16.9 Å². The monoisotopic (exact) mass is 362 g/mol. The first-order chi connectivity index (χ1) is 13.1. The minimum absolute atomic E-state index is 0.00854. The lowest BCUT2D eigenvalue weighted by Crippen LogP contribution is -2.43. The third kappa shape index (κ3) is 3.97. The molecule has 1 atom stereocenters. The summed E-state index contributed by atoms with van der Waals surface area (Å²) in [4.78, 5) is 22.5. The van der Waals surface area contributed by atoms with Crippen molar-refractivity contribution in [2.75, 3.05) is 0 Å². The molecule has 0 bridgehead atoms. The second kappa shape index (κ2) is 7.43. The van der Waals surface area contributed by atoms with Crippen LogP contribution in [0.15, 0.2) is 55.0 Å². The van der Waals surface area contributed by atoms with Gasteiger partial charge in [0.15, 0.2) is 0 Å². The van der Waals surface area contributed by atoms with Gasteiger partial charge in [-0.3, -0.25) is 4.98 Å². The molecule has 1 unspecified atom stereocenters. The van der Waals surface area contributed by atoms with E-state index in [2.05, 4.69) is 53.4 Å². The largest absolute Gasteiger partial charge is 0.361 e. The molecule has 2 aromatic heterocycles. The molecule has 5 heteroatoms. The quantitative estimate of drug-likeness (QED) is 0.671. The molecule has 1 fully saturated rings. The number of amides is 2. The van der Waals surface area contributed by atoms with Crippen LogP contribution in [0.1, 0.15) is 43.9 Å². The molecular formula is C22H26N4O. The van der Waals surface area contributed by atoms with E-state index in [4.69, 9.17) is 0 Å². The van der Waals surface area contributed by atoms with Crippen LogP contribution in [0.3, 0.4) is 0 Å². The number of hydrogen-bond donors (Lipinski definition) is 2. The summed E-state index contributed by atoms with van der Waals surface area (Å²) in [5, 5.41) is 4.43. The number of urea groups is 1. The molecule has 5 nitrogen and oxygen atoms in total. The van der Waals surface area contributed by atoms with Gasteiger partial charge in [-0.15, -0.1) is 0 Å². The fourth-order valence-electron chi connectivity index (χ4n) is 3.56. The molecule has 2 amide bonds. The number of carbonyl (C=O) groups excluding carboxylic acids is 1. The molecule has 0 spiro atoms. The van der Waals surface area contributed by atoms with E-state index >= 15 is 0 Å². The van der Waals surface area contributed by atoms with E-state index in [9.17, 15) is 4.79 Å². The predicted octanol–water partition coefficient (Wildman–Crippen LogP) is 4.63. The van der Waals surface area contributed by atoms with E-state index in [0.717, 1.165) is 29.5 Å². The maximum atomic E-state index is 13.1. The number of carbonyl (C=O) groups is 1. The first-order valence-corrected chi connectivity index (χ1v) is 9.65. The summed E-state index contributed by atoms with van der Waals surface area (Å²) in [5.41, 5.74) is 3.33. The van der Waals surface area contributed by atoms with Crippen LogP contribution in [0, 0.1) is 5.92 Å². The topological polar surface area (TPSA) is 61.0 Å². The van der Waals surface area contributed by atoms with Gasteiger partial charge < -0.3 is 15.2 Å². The number of fused-ring (bicyclic) bond motifs is 1. The number of aromatic amines is 1. The van der Waals surface area contributed by atoms with Gasteiger partial charge in [-0.2, -0.15) is 0 Å². The molecule has 1 aliphatic carbocycles. The minimum atomic E-state index is -0.0420. The third-order valence-corrected chi connectivity index (χ3v) is 5.21. The van der Waals surface area contributed by atoms with Crippen molar-refractivity contribution in [3.8, 4) is 0 Å². The van der Waals surface area contributed by atoms with Gasteiger partial charge in [0.2, 0.25) is 0 Å². The van der Waals surface area contributed by atoms with E-state index < -0.39 is 0 Å². The molecule has 0 saturated heterocycles. The van der Waals surface area contributed by atoms with Crippen LogP contribution in [0.4, 0.5) is 4.79 Å². The Labute approximate surface area is 159 Å². The summed E-state index contributed by atoms with van der Waals surface area (Å²) in [5.74, 6) is 0.287. The van der Waals surface area contributed by atoms with Gasteiger partial charge in [0, 0.05) is 36.7 Å². The predicted molar refractivity (Wildman–Crippen MR) is 107 cm³/mol. The van der Waals surface area contributed by atoms with Gasteiger partial charge in [-0.05, 0) is 59.5 Å². The van der Waals surface area contributed by atoms with Crippen molar-refractivity contribution in [1.29, 1.82) is 0 Å². The van der Waals surface area contributed by atoms with Crippen LogP contribution >= 0.6 is 0 Å². The normalized spacial score (nSPS) is 15.1. The summed E-state index contributed by atoms with van der Waals surface area (Å²) in [6, 6.07) is 12.7. The number of pyridine rings is 1. The number of nitrogens with one attached hydrogen (secondary N) is 2. The fourth-order valence-corrected chi connectivity index (χ4v) is 3.56. The van der Waals surface area contributed by atoms with Crippen LogP contribution < -0.4 is 5.32 Å². The number of hydrogen-bond acceptors (Lipinski definition) is 2. The Morgan fingerprint density at radius 3 is 2.85 bits per heavy atom. The van der Waals surface area contributed by atoms with E-state index in [1.165, 1.54) is 5.39 Å². The zero-order chi connectivity index (χ0) is 18.8. The summed E-state index contributed by atoms with van der Waals surface area (Å²) in [6.45, 7) is 4.88. The van der Waals surface area contributed by atoms with Crippen molar-refractivity contribution in [2.45, 2.75) is 45.3 Å². The van der Waals surface area contributed by atoms with Crippen molar-refractivity contribution in [1.82, 2.24) is 20.2 Å². The minimum Gasteiger partial charge on any atom is -0.361 e. The molecular weight excluding hydrogens is 336 g/mol. The Morgan fingerprint density at radius 1 is 1.30 bits per heavy atom. The lowest BCUT2D eigenvalue weighted by molar-refractivity contribution is 0.184. The number of nitrogens with zero attached hydrogens (tertiary/aromatic N) is 2. The number of H-pyrrole nitrogens is 1. The van der Waals surface area contributed by atoms with E-state index in [1.54, 1.807) is 6.20 Å². The third-order valence-electron chi connectivity index (χ3n) is 5.21. The van der Waals surface area contributed by atoms with Gasteiger partial charge in [0.1, 0.15) is 0 Å².